The highest BCUT2D eigenvalue weighted by Gasteiger charge is 2.41. The maximum Gasteiger partial charge on any atom is 0.411 e. The molecule has 1 rings (SSSR count). The van der Waals surface area contributed by atoms with Gasteiger partial charge < -0.3 is 9.84 Å². The molecule has 0 radical (unpaired) electrons. The lowest BCUT2D eigenvalue weighted by Gasteiger charge is -2.24. The van der Waals surface area contributed by atoms with Gasteiger partial charge in [-0.15, -0.1) is 5.54 Å². The first kappa shape index (κ1) is 15.6. The molecule has 0 bridgehead atoms. The number of carbonyl (C=O) groups is 2. The van der Waals surface area contributed by atoms with Crippen molar-refractivity contribution in [3.63, 3.8) is 0 Å². The SMILES string of the molecule is CCOC(=O)N1[C@@H](C#C[Si](C)(C)C)CC[C@H]1C(=O)O. The van der Waals surface area contributed by atoms with E-state index in [0.29, 0.717) is 12.8 Å². The maximum atomic E-state index is 11.9. The van der Waals surface area contributed by atoms with Crippen LogP contribution in [0.15, 0.2) is 0 Å². The number of hydrogen-bond acceptors (Lipinski definition) is 3. The summed E-state index contributed by atoms with van der Waals surface area (Å²) >= 11 is 0. The average Bonchev–Trinajstić information content (AvgIpc) is 2.69. The van der Waals surface area contributed by atoms with Crippen LogP contribution < -0.4 is 0 Å². The molecule has 0 aliphatic carbocycles. The van der Waals surface area contributed by atoms with E-state index in [1.54, 1.807) is 6.92 Å². The number of ether oxygens (including phenoxy) is 1. The summed E-state index contributed by atoms with van der Waals surface area (Å²) in [5, 5.41) is 9.16. The van der Waals surface area contributed by atoms with Gasteiger partial charge in [0.1, 0.15) is 14.1 Å². The first-order chi connectivity index (χ1) is 8.76. The Balaban J connectivity index is 2.94. The summed E-state index contributed by atoms with van der Waals surface area (Å²) in [4.78, 5) is 24.3. The Bertz CT molecular complexity index is 419. The Kier molecular flexibility index (Phi) is 5.01. The van der Waals surface area contributed by atoms with Crippen LogP contribution in [0, 0.1) is 11.5 Å². The zero-order valence-corrected chi connectivity index (χ0v) is 12.9. The first-order valence-electron chi connectivity index (χ1n) is 6.47. The van der Waals surface area contributed by atoms with Crippen LogP contribution >= 0.6 is 0 Å². The lowest BCUT2D eigenvalue weighted by atomic mass is 10.2. The molecule has 0 aromatic carbocycles. The van der Waals surface area contributed by atoms with Crippen LogP contribution in [0.4, 0.5) is 4.79 Å². The van der Waals surface area contributed by atoms with Gasteiger partial charge in [0.05, 0.1) is 12.6 Å². The van der Waals surface area contributed by atoms with Gasteiger partial charge in [-0.05, 0) is 19.8 Å². The number of likely N-dealkylation sites (tertiary alicyclic amines) is 1. The molecule has 106 valence electrons. The molecule has 6 heteroatoms. The average molecular weight is 283 g/mol. The number of carbonyl (C=O) groups excluding carboxylic acids is 1. The fourth-order valence-electron chi connectivity index (χ4n) is 1.95. The van der Waals surface area contributed by atoms with Crippen molar-refractivity contribution in [1.82, 2.24) is 4.90 Å². The van der Waals surface area contributed by atoms with E-state index < -0.39 is 26.2 Å². The zero-order chi connectivity index (χ0) is 14.6. The molecule has 0 aromatic rings. The van der Waals surface area contributed by atoms with Gasteiger partial charge in [-0.25, -0.2) is 9.59 Å². The Hall–Kier alpha value is -1.48. The maximum absolute atomic E-state index is 11.9. The van der Waals surface area contributed by atoms with E-state index in [-0.39, 0.29) is 12.6 Å². The molecule has 1 fully saturated rings. The van der Waals surface area contributed by atoms with Crippen molar-refractivity contribution in [2.75, 3.05) is 6.61 Å². The number of hydrogen-bond donors (Lipinski definition) is 1. The van der Waals surface area contributed by atoms with Crippen LogP contribution in [0.5, 0.6) is 0 Å². The quantitative estimate of drug-likeness (QED) is 0.621. The van der Waals surface area contributed by atoms with Gasteiger partial charge in [-0.2, -0.15) is 0 Å². The lowest BCUT2D eigenvalue weighted by molar-refractivity contribution is -0.141. The van der Waals surface area contributed by atoms with Crippen LogP contribution in [0.25, 0.3) is 0 Å². The molecule has 0 unspecified atom stereocenters. The molecule has 1 saturated heterocycles. The highest BCUT2D eigenvalue weighted by Crippen LogP contribution is 2.25. The number of aliphatic carboxylic acids is 1. The van der Waals surface area contributed by atoms with Crippen molar-refractivity contribution < 1.29 is 19.4 Å². The smallest absolute Gasteiger partial charge is 0.411 e. The van der Waals surface area contributed by atoms with Crippen LogP contribution in [0.2, 0.25) is 19.6 Å². The number of carboxylic acid groups (broad SMARTS) is 1. The predicted octanol–water partition coefficient (Wildman–Crippen LogP) is 1.94. The second kappa shape index (κ2) is 6.11. The van der Waals surface area contributed by atoms with Crippen molar-refractivity contribution in [3.8, 4) is 11.5 Å². The van der Waals surface area contributed by atoms with E-state index in [2.05, 4.69) is 31.1 Å². The molecule has 0 saturated carbocycles. The van der Waals surface area contributed by atoms with Gasteiger partial charge in [-0.3, -0.25) is 4.90 Å². The zero-order valence-electron chi connectivity index (χ0n) is 11.9. The molecule has 1 amide bonds. The largest absolute Gasteiger partial charge is 0.480 e. The minimum Gasteiger partial charge on any atom is -0.480 e. The summed E-state index contributed by atoms with van der Waals surface area (Å²) in [6.45, 7) is 8.26. The van der Waals surface area contributed by atoms with Gasteiger partial charge >= 0.3 is 12.1 Å². The third-order valence-corrected chi connectivity index (χ3v) is 3.66. The number of carboxylic acids is 1. The molecular formula is C13H21NO4Si. The molecule has 1 aliphatic rings. The third-order valence-electron chi connectivity index (χ3n) is 2.76. The van der Waals surface area contributed by atoms with Gasteiger partial charge in [0.2, 0.25) is 0 Å². The molecule has 0 aromatic heterocycles. The second-order valence-electron chi connectivity index (χ2n) is 5.57. The van der Waals surface area contributed by atoms with Crippen LogP contribution in [-0.2, 0) is 9.53 Å². The summed E-state index contributed by atoms with van der Waals surface area (Å²) in [7, 11) is -1.54. The second-order valence-corrected chi connectivity index (χ2v) is 10.3. The fraction of sp³-hybridized carbons (Fsp3) is 0.692. The van der Waals surface area contributed by atoms with Crippen LogP contribution in [-0.4, -0.2) is 48.8 Å². The summed E-state index contributed by atoms with van der Waals surface area (Å²) in [6, 6.07) is -1.16. The standard InChI is InChI=1S/C13H21NO4Si/c1-5-18-13(17)14-10(8-9-19(2,3)4)6-7-11(14)12(15)16/h10-11H,5-7H2,1-4H3,(H,15,16)/t10-,11+/m1/s1. The highest BCUT2D eigenvalue weighted by molar-refractivity contribution is 6.83. The monoisotopic (exact) mass is 283 g/mol. The Morgan fingerprint density at radius 2 is 2.00 bits per heavy atom. The number of amides is 1. The van der Waals surface area contributed by atoms with Crippen molar-refractivity contribution in [3.05, 3.63) is 0 Å². The van der Waals surface area contributed by atoms with Crippen molar-refractivity contribution in [2.24, 2.45) is 0 Å². The molecule has 2 atom stereocenters. The minimum atomic E-state index is -1.54. The minimum absolute atomic E-state index is 0.232. The Morgan fingerprint density at radius 3 is 2.47 bits per heavy atom. The first-order valence-corrected chi connectivity index (χ1v) is 9.97. The fourth-order valence-corrected chi connectivity index (χ4v) is 2.55. The number of nitrogens with zero attached hydrogens (tertiary/aromatic N) is 1. The van der Waals surface area contributed by atoms with E-state index >= 15 is 0 Å². The number of rotatable bonds is 2. The van der Waals surface area contributed by atoms with E-state index in [1.807, 2.05) is 0 Å². The van der Waals surface area contributed by atoms with Crippen LogP contribution in [0.3, 0.4) is 0 Å². The molecule has 0 spiro atoms. The van der Waals surface area contributed by atoms with E-state index in [9.17, 15) is 9.59 Å². The topological polar surface area (TPSA) is 66.8 Å². The molecule has 1 aliphatic heterocycles. The van der Waals surface area contributed by atoms with Gasteiger partial charge in [0.25, 0.3) is 0 Å². The normalized spacial score (nSPS) is 22.6. The molecule has 5 nitrogen and oxygen atoms in total. The summed E-state index contributed by atoms with van der Waals surface area (Å²) in [5.41, 5.74) is 3.20. The molecule has 1 N–H and O–H groups in total. The Morgan fingerprint density at radius 1 is 1.37 bits per heavy atom. The van der Waals surface area contributed by atoms with Crippen LogP contribution in [0.1, 0.15) is 19.8 Å². The van der Waals surface area contributed by atoms with E-state index in [1.165, 1.54) is 4.90 Å². The van der Waals surface area contributed by atoms with Gasteiger partial charge in [-0.1, -0.05) is 25.6 Å². The van der Waals surface area contributed by atoms with Crippen molar-refractivity contribution >= 4 is 20.1 Å². The van der Waals surface area contributed by atoms with Gasteiger partial charge in [0, 0.05) is 0 Å². The highest BCUT2D eigenvalue weighted by atomic mass is 28.3. The predicted molar refractivity (Wildman–Crippen MR) is 74.4 cm³/mol. The molecule has 1 heterocycles. The van der Waals surface area contributed by atoms with Crippen molar-refractivity contribution in [1.29, 1.82) is 0 Å². The summed E-state index contributed by atoms with van der Waals surface area (Å²) in [6.07, 6.45) is 0.439. The summed E-state index contributed by atoms with van der Waals surface area (Å²) < 4.78 is 4.94. The molecule has 19 heavy (non-hydrogen) atoms. The third kappa shape index (κ3) is 4.28. The van der Waals surface area contributed by atoms with E-state index in [4.69, 9.17) is 9.84 Å². The van der Waals surface area contributed by atoms with Crippen molar-refractivity contribution in [2.45, 2.75) is 51.5 Å². The lowest BCUT2D eigenvalue weighted by Crippen LogP contribution is -2.45. The van der Waals surface area contributed by atoms with Gasteiger partial charge in [0.15, 0.2) is 0 Å². The molecular weight excluding hydrogens is 262 g/mol. The Labute approximate surface area is 114 Å². The summed E-state index contributed by atoms with van der Waals surface area (Å²) in [5.74, 6) is 2.07. The van der Waals surface area contributed by atoms with E-state index in [0.717, 1.165) is 0 Å².